The van der Waals surface area contributed by atoms with Gasteiger partial charge in [0.05, 0.1) is 0 Å². The van der Waals surface area contributed by atoms with Crippen LogP contribution in [0, 0.1) is 17.7 Å². The number of rotatable bonds is 11. The summed E-state index contributed by atoms with van der Waals surface area (Å²) in [5, 5.41) is 3.14. The third-order valence-electron chi connectivity index (χ3n) is 9.16. The second-order valence-corrected chi connectivity index (χ2v) is 12.1. The average Bonchev–Trinajstić information content (AvgIpc) is 3.69. The minimum Gasteiger partial charge on any atom is -0.344 e. The molecule has 0 bridgehead atoms. The molecular formula is C33H43FN6O3. The number of carbonyl (C=O) groups is 3. The van der Waals surface area contributed by atoms with Crippen LogP contribution in [-0.2, 0) is 16.0 Å². The molecule has 3 amide bonds. The second-order valence-electron chi connectivity index (χ2n) is 12.1. The van der Waals surface area contributed by atoms with Gasteiger partial charge in [-0.05, 0) is 68.2 Å². The Kier molecular flexibility index (Phi) is 10.0. The van der Waals surface area contributed by atoms with E-state index in [4.69, 9.17) is 0 Å². The van der Waals surface area contributed by atoms with E-state index >= 15 is 0 Å². The quantitative estimate of drug-likeness (QED) is 0.350. The number of likely N-dealkylation sites (tertiary alicyclic amines) is 1. The van der Waals surface area contributed by atoms with Gasteiger partial charge in [0.2, 0.25) is 17.6 Å². The van der Waals surface area contributed by atoms with Gasteiger partial charge in [0.15, 0.2) is 0 Å². The Morgan fingerprint density at radius 1 is 1.09 bits per heavy atom. The first-order chi connectivity index (χ1) is 20.8. The van der Waals surface area contributed by atoms with Crippen molar-refractivity contribution in [2.24, 2.45) is 11.8 Å². The van der Waals surface area contributed by atoms with E-state index < -0.39 is 6.04 Å². The maximum atomic E-state index is 14.2. The van der Waals surface area contributed by atoms with Crippen molar-refractivity contribution < 1.29 is 18.8 Å². The Morgan fingerprint density at radius 3 is 2.58 bits per heavy atom. The number of hydrogen-bond donors (Lipinski definition) is 1. The number of hydrogen-bond acceptors (Lipinski definition) is 5. The molecule has 43 heavy (non-hydrogen) atoms. The topological polar surface area (TPSA) is 99.9 Å². The van der Waals surface area contributed by atoms with Crippen molar-refractivity contribution in [2.45, 2.75) is 83.7 Å². The van der Waals surface area contributed by atoms with Crippen LogP contribution >= 0.6 is 0 Å². The second kappa shape index (κ2) is 14.1. The van der Waals surface area contributed by atoms with Gasteiger partial charge in [-0.1, -0.05) is 45.2 Å². The Hall–Kier alpha value is -3.82. The molecule has 1 N–H and O–H groups in total. The predicted molar refractivity (Wildman–Crippen MR) is 162 cm³/mol. The van der Waals surface area contributed by atoms with E-state index in [1.807, 2.05) is 18.7 Å². The molecule has 230 valence electrons. The average molecular weight is 591 g/mol. The lowest BCUT2D eigenvalue weighted by atomic mass is 9.83. The van der Waals surface area contributed by atoms with E-state index in [0.29, 0.717) is 38.3 Å². The number of nitrogens with one attached hydrogen (secondary N) is 1. The number of nitrogens with zero attached hydrogens (tertiary/aromatic N) is 5. The zero-order valence-corrected chi connectivity index (χ0v) is 25.3. The number of carbonyl (C=O) groups excluding carboxylic acids is 3. The van der Waals surface area contributed by atoms with Gasteiger partial charge in [0, 0.05) is 50.2 Å². The number of amides is 3. The molecule has 2 aliphatic rings. The number of imidazole rings is 1. The van der Waals surface area contributed by atoms with E-state index in [0.717, 1.165) is 50.5 Å². The SMILES string of the molecule is CC[C@@H](C)C(=O)N[C@H](C(=O)N1CCC[C@H]1CN(CCc1ccc(F)cc1)C(=O)c1cn2cccnc2n1)C1CCCCC1. The maximum Gasteiger partial charge on any atom is 0.274 e. The van der Waals surface area contributed by atoms with Crippen LogP contribution in [0.2, 0.25) is 0 Å². The largest absolute Gasteiger partial charge is 0.344 e. The normalized spacial score (nSPS) is 18.9. The van der Waals surface area contributed by atoms with Gasteiger partial charge in [-0.15, -0.1) is 0 Å². The summed E-state index contributed by atoms with van der Waals surface area (Å²) in [4.78, 5) is 53.5. The zero-order valence-electron chi connectivity index (χ0n) is 25.3. The van der Waals surface area contributed by atoms with Crippen LogP contribution in [-0.4, -0.2) is 73.6 Å². The monoisotopic (exact) mass is 590 g/mol. The highest BCUT2D eigenvalue weighted by molar-refractivity contribution is 5.93. The fourth-order valence-electron chi connectivity index (χ4n) is 6.36. The first kappa shape index (κ1) is 30.6. The number of aromatic nitrogens is 3. The summed E-state index contributed by atoms with van der Waals surface area (Å²) in [6.45, 7) is 5.22. The molecule has 2 aromatic heterocycles. The van der Waals surface area contributed by atoms with E-state index in [2.05, 4.69) is 15.3 Å². The first-order valence-corrected chi connectivity index (χ1v) is 15.8. The van der Waals surface area contributed by atoms with Gasteiger partial charge in [-0.2, -0.15) is 0 Å². The van der Waals surface area contributed by atoms with Crippen LogP contribution in [0.25, 0.3) is 5.78 Å². The summed E-state index contributed by atoms with van der Waals surface area (Å²) >= 11 is 0. The van der Waals surface area contributed by atoms with Crippen molar-refractivity contribution >= 4 is 23.5 Å². The van der Waals surface area contributed by atoms with Gasteiger partial charge in [-0.25, -0.2) is 14.4 Å². The minimum absolute atomic E-state index is 0.0334. The van der Waals surface area contributed by atoms with Crippen LogP contribution < -0.4 is 5.32 Å². The Bertz CT molecular complexity index is 1370. The summed E-state index contributed by atoms with van der Waals surface area (Å²) in [6.07, 6.45) is 13.1. The van der Waals surface area contributed by atoms with Gasteiger partial charge in [-0.3, -0.25) is 18.8 Å². The third kappa shape index (κ3) is 7.40. The smallest absolute Gasteiger partial charge is 0.274 e. The molecular weight excluding hydrogens is 547 g/mol. The van der Waals surface area contributed by atoms with Crippen molar-refractivity contribution in [1.29, 1.82) is 0 Å². The van der Waals surface area contributed by atoms with E-state index in [1.54, 1.807) is 46.1 Å². The standard InChI is InChI=1S/C33H43FN6O3/c1-3-23(2)30(41)37-29(25-9-5-4-6-10-25)32(43)40-19-7-11-27(40)21-38(20-16-24-12-14-26(34)15-13-24)31(42)28-22-39-18-8-17-35-33(39)36-28/h8,12-15,17-18,22-23,25,27,29H,3-7,9-11,16,19-21H2,1-2H3,(H,37,41)/t23-,27+,29+/m1/s1. The lowest BCUT2D eigenvalue weighted by Gasteiger charge is -2.37. The maximum absolute atomic E-state index is 14.2. The van der Waals surface area contributed by atoms with Gasteiger partial charge < -0.3 is 15.1 Å². The highest BCUT2D eigenvalue weighted by Gasteiger charge is 2.39. The molecule has 1 aliphatic heterocycles. The molecule has 1 aromatic carbocycles. The minimum atomic E-state index is -0.546. The molecule has 2 fully saturated rings. The van der Waals surface area contributed by atoms with Crippen molar-refractivity contribution in [3.05, 3.63) is 66.0 Å². The number of fused-ring (bicyclic) bond motifs is 1. The summed E-state index contributed by atoms with van der Waals surface area (Å²) in [7, 11) is 0. The number of halogens is 1. The Morgan fingerprint density at radius 2 is 1.86 bits per heavy atom. The lowest BCUT2D eigenvalue weighted by molar-refractivity contribution is -0.140. The molecule has 3 aromatic rings. The Balaban J connectivity index is 1.36. The van der Waals surface area contributed by atoms with Crippen molar-refractivity contribution in [1.82, 2.24) is 29.5 Å². The van der Waals surface area contributed by atoms with Crippen LogP contribution in [0.5, 0.6) is 0 Å². The molecule has 3 atom stereocenters. The number of benzene rings is 1. The van der Waals surface area contributed by atoms with Crippen LogP contribution in [0.4, 0.5) is 4.39 Å². The third-order valence-corrected chi connectivity index (χ3v) is 9.16. The van der Waals surface area contributed by atoms with Crippen LogP contribution in [0.3, 0.4) is 0 Å². The van der Waals surface area contributed by atoms with Crippen LogP contribution in [0.15, 0.2) is 48.9 Å². The zero-order chi connectivity index (χ0) is 30.3. The van der Waals surface area contributed by atoms with Crippen molar-refractivity contribution in [2.75, 3.05) is 19.6 Å². The van der Waals surface area contributed by atoms with E-state index in [9.17, 15) is 18.8 Å². The predicted octanol–water partition coefficient (Wildman–Crippen LogP) is 4.66. The molecule has 5 rings (SSSR count). The lowest BCUT2D eigenvalue weighted by Crippen LogP contribution is -2.56. The molecule has 0 unspecified atom stereocenters. The molecule has 1 saturated heterocycles. The van der Waals surface area contributed by atoms with Crippen LogP contribution in [0.1, 0.15) is 81.3 Å². The van der Waals surface area contributed by atoms with E-state index in [-0.39, 0.29) is 47.1 Å². The highest BCUT2D eigenvalue weighted by atomic mass is 19.1. The van der Waals surface area contributed by atoms with Gasteiger partial charge in [0.1, 0.15) is 17.6 Å². The summed E-state index contributed by atoms with van der Waals surface area (Å²) in [5.74, 6) is -0.241. The summed E-state index contributed by atoms with van der Waals surface area (Å²) < 4.78 is 15.2. The van der Waals surface area contributed by atoms with Gasteiger partial charge >= 0.3 is 0 Å². The Labute approximate surface area is 252 Å². The molecule has 0 spiro atoms. The summed E-state index contributed by atoms with van der Waals surface area (Å²) in [6, 6.07) is 7.36. The fraction of sp³-hybridized carbons (Fsp3) is 0.545. The molecule has 0 radical (unpaired) electrons. The summed E-state index contributed by atoms with van der Waals surface area (Å²) in [5.41, 5.74) is 1.20. The van der Waals surface area contributed by atoms with Crippen molar-refractivity contribution in [3.8, 4) is 0 Å². The molecule has 3 heterocycles. The van der Waals surface area contributed by atoms with Gasteiger partial charge in [0.25, 0.3) is 5.91 Å². The molecule has 1 aliphatic carbocycles. The van der Waals surface area contributed by atoms with Crippen molar-refractivity contribution in [3.63, 3.8) is 0 Å². The first-order valence-electron chi connectivity index (χ1n) is 15.8. The highest BCUT2D eigenvalue weighted by Crippen LogP contribution is 2.30. The molecule has 1 saturated carbocycles. The molecule has 9 nitrogen and oxygen atoms in total. The molecule has 10 heteroatoms. The fourth-order valence-corrected chi connectivity index (χ4v) is 6.36. The van der Waals surface area contributed by atoms with E-state index in [1.165, 1.54) is 12.1 Å².